The zero-order valence-corrected chi connectivity index (χ0v) is 35.0. The Morgan fingerprint density at radius 1 is 0.541 bits per heavy atom. The molecule has 8 heteroatoms. The Bertz CT molecular complexity index is 2720. The van der Waals surface area contributed by atoms with Crippen LogP contribution in [0.2, 0.25) is 0 Å². The predicted molar refractivity (Wildman–Crippen MR) is 242 cm³/mol. The third-order valence-electron chi connectivity index (χ3n) is 13.5. The van der Waals surface area contributed by atoms with Crippen molar-refractivity contribution in [2.45, 2.75) is 103 Å². The van der Waals surface area contributed by atoms with Crippen molar-refractivity contribution in [2.24, 2.45) is 0 Å². The van der Waals surface area contributed by atoms with Gasteiger partial charge in [-0.15, -0.1) is 0 Å². The lowest BCUT2D eigenvalue weighted by molar-refractivity contribution is 0.0514. The van der Waals surface area contributed by atoms with Crippen LogP contribution < -0.4 is 5.06 Å². The van der Waals surface area contributed by atoms with Gasteiger partial charge in [-0.3, -0.25) is 33.8 Å². The summed E-state index contributed by atoms with van der Waals surface area (Å²) >= 11 is 0. The Morgan fingerprint density at radius 3 is 1.52 bits per heavy atom. The van der Waals surface area contributed by atoms with Gasteiger partial charge >= 0.3 is 0 Å². The number of carbonyl (C=O) groups excluding carboxylic acids is 4. The maximum atomic E-state index is 14.5. The summed E-state index contributed by atoms with van der Waals surface area (Å²) in [7, 11) is 0. The molecule has 0 saturated carbocycles. The maximum absolute atomic E-state index is 14.5. The highest BCUT2D eigenvalue weighted by Gasteiger charge is 2.39. The van der Waals surface area contributed by atoms with Crippen molar-refractivity contribution in [3.63, 3.8) is 0 Å². The largest absolute Gasteiger partial charge is 0.273 e. The minimum absolute atomic E-state index is 0.0661. The van der Waals surface area contributed by atoms with Crippen LogP contribution in [-0.2, 0) is 11.4 Å². The first-order chi connectivity index (χ1) is 29.9. The summed E-state index contributed by atoms with van der Waals surface area (Å²) in [5.41, 5.74) is 5.09. The maximum Gasteiger partial charge on any atom is 0.261 e. The van der Waals surface area contributed by atoms with E-state index in [2.05, 4.69) is 26.0 Å². The number of unbranched alkanes of at least 4 members (excludes halogenated alkanes) is 6. The number of para-hydroxylation sites is 1. The van der Waals surface area contributed by atoms with Gasteiger partial charge in [0.25, 0.3) is 23.6 Å². The van der Waals surface area contributed by atoms with Crippen LogP contribution in [0, 0.1) is 0 Å². The second kappa shape index (κ2) is 16.1. The summed E-state index contributed by atoms with van der Waals surface area (Å²) in [6.45, 7) is 5.17. The molecule has 0 aliphatic carbocycles. The molecule has 1 fully saturated rings. The number of anilines is 1. The van der Waals surface area contributed by atoms with Crippen LogP contribution in [0.4, 0.5) is 5.69 Å². The number of fused-ring (bicyclic) bond motifs is 2. The molecule has 1 atom stereocenters. The molecule has 7 aromatic rings. The van der Waals surface area contributed by atoms with Crippen molar-refractivity contribution < 1.29 is 24.0 Å². The monoisotopic (exact) mass is 809 g/mol. The van der Waals surface area contributed by atoms with Gasteiger partial charge in [0, 0.05) is 45.5 Å². The van der Waals surface area contributed by atoms with E-state index in [1.165, 1.54) is 4.90 Å². The lowest BCUT2D eigenvalue weighted by Crippen LogP contribution is -2.47. The fraction of sp³-hybridized carbons (Fsp3) is 0.321. The van der Waals surface area contributed by atoms with E-state index < -0.39 is 0 Å². The number of benzene rings is 7. The van der Waals surface area contributed by atoms with Crippen molar-refractivity contribution in [3.05, 3.63) is 137 Å². The molecule has 0 radical (unpaired) electrons. The number of hydroxylamine groups is 1. The molecule has 308 valence electrons. The third-order valence-corrected chi connectivity index (χ3v) is 13.5. The quantitative estimate of drug-likeness (QED) is 0.0444. The van der Waals surface area contributed by atoms with Crippen LogP contribution in [0.15, 0.2) is 103 Å². The van der Waals surface area contributed by atoms with Gasteiger partial charge in [-0.05, 0) is 92.7 Å². The molecule has 3 aliphatic heterocycles. The average molecular weight is 810 g/mol. The molecule has 0 spiro atoms. The minimum atomic E-state index is -0.323. The Hall–Kier alpha value is -6.12. The highest BCUT2D eigenvalue weighted by molar-refractivity contribution is 6.41. The molecule has 4 amide bonds. The number of rotatable bonds is 15. The van der Waals surface area contributed by atoms with Gasteiger partial charge in [-0.25, -0.2) is 5.06 Å². The number of imide groups is 2. The number of hydrogen-bond acceptors (Lipinski definition) is 6. The molecule has 10 rings (SSSR count). The molecule has 8 nitrogen and oxygen atoms in total. The van der Waals surface area contributed by atoms with Crippen molar-refractivity contribution >= 4 is 72.4 Å². The van der Waals surface area contributed by atoms with Gasteiger partial charge < -0.3 is 0 Å². The van der Waals surface area contributed by atoms with Gasteiger partial charge in [0.2, 0.25) is 0 Å². The Labute approximate surface area is 356 Å². The van der Waals surface area contributed by atoms with E-state index in [-0.39, 0.29) is 42.3 Å². The van der Waals surface area contributed by atoms with Gasteiger partial charge in [0.15, 0.2) is 0 Å². The van der Waals surface area contributed by atoms with Crippen LogP contribution in [0.25, 0.3) is 43.1 Å². The topological polar surface area (TPSA) is 87.2 Å². The average Bonchev–Trinajstić information content (AvgIpc) is 3.79. The minimum Gasteiger partial charge on any atom is -0.273 e. The van der Waals surface area contributed by atoms with Crippen molar-refractivity contribution in [1.29, 1.82) is 0 Å². The number of nitrogens with zero attached hydrogens (tertiary/aromatic N) is 3. The first-order valence-corrected chi connectivity index (χ1v) is 22.4. The third kappa shape index (κ3) is 6.46. The molecular formula is C53H51N3O5. The molecule has 3 aliphatic rings. The van der Waals surface area contributed by atoms with Gasteiger partial charge in [0.05, 0.1) is 24.9 Å². The highest BCUT2D eigenvalue weighted by Crippen LogP contribution is 2.47. The van der Waals surface area contributed by atoms with Crippen molar-refractivity contribution in [2.75, 3.05) is 11.7 Å². The zero-order valence-electron chi connectivity index (χ0n) is 35.0. The smallest absolute Gasteiger partial charge is 0.261 e. The van der Waals surface area contributed by atoms with Crippen LogP contribution in [0.5, 0.6) is 0 Å². The van der Waals surface area contributed by atoms with Gasteiger partial charge in [-0.1, -0.05) is 132 Å². The zero-order chi connectivity index (χ0) is 41.8. The van der Waals surface area contributed by atoms with Crippen LogP contribution >= 0.6 is 0 Å². The summed E-state index contributed by atoms with van der Waals surface area (Å²) in [4.78, 5) is 66.7. The second-order valence-electron chi connectivity index (χ2n) is 17.2. The number of amides is 4. The van der Waals surface area contributed by atoms with Crippen LogP contribution in [0.1, 0.15) is 143 Å². The fourth-order valence-electron chi connectivity index (χ4n) is 10.5. The standard InChI is InChI=1S/C53H51N3O5/c1-3-5-7-10-14-35(15-11-8-6-4-2)55-52(59)43-28-24-39-37-22-26-41-48-42(27-23-38(46(37)48)40-25-29-44(53(55)60)49(43)47(39)40)51(58)54(50(41)57)32-33-18-20-34(21-19-33)45-30-31-61-56(45)36-16-12-9-13-17-36/h9,12-13,16-29,35,45H,3-8,10-11,14-15,30-32H2,1-2H3/t45-/m0/s1. The van der Waals surface area contributed by atoms with E-state index in [9.17, 15) is 19.2 Å². The lowest BCUT2D eigenvalue weighted by Gasteiger charge is -2.35. The second-order valence-corrected chi connectivity index (χ2v) is 17.2. The molecule has 0 unspecified atom stereocenters. The first kappa shape index (κ1) is 39.0. The fourth-order valence-corrected chi connectivity index (χ4v) is 10.5. The number of carbonyl (C=O) groups is 4. The molecule has 0 aromatic heterocycles. The molecule has 1 saturated heterocycles. The lowest BCUT2D eigenvalue weighted by atomic mass is 9.82. The summed E-state index contributed by atoms with van der Waals surface area (Å²) in [5.74, 6) is -1.06. The summed E-state index contributed by atoms with van der Waals surface area (Å²) in [6.07, 6.45) is 11.3. The molecule has 0 N–H and O–H groups in total. The van der Waals surface area contributed by atoms with E-state index >= 15 is 0 Å². The Morgan fingerprint density at radius 2 is 1.03 bits per heavy atom. The van der Waals surface area contributed by atoms with Gasteiger partial charge in [0.1, 0.15) is 0 Å². The SMILES string of the molecule is CCCCCCC(CCCCCC)N1C(=O)c2ccc3c4ccc5c6c(ccc(c7ccc(c2c37)C1=O)c64)C(=O)N(Cc1ccc([C@@H]2CCON2c2ccccc2)cc1)C5=O. The Kier molecular flexibility index (Phi) is 10.3. The number of hydrogen-bond donors (Lipinski definition) is 0. The normalized spacial score (nSPS) is 16.6. The highest BCUT2D eigenvalue weighted by atomic mass is 16.7. The predicted octanol–water partition coefficient (Wildman–Crippen LogP) is 12.3. The van der Waals surface area contributed by atoms with E-state index in [1.807, 2.05) is 96.1 Å². The van der Waals surface area contributed by atoms with E-state index in [0.29, 0.717) is 39.6 Å². The van der Waals surface area contributed by atoms with Crippen LogP contribution in [0.3, 0.4) is 0 Å². The van der Waals surface area contributed by atoms with E-state index in [0.717, 1.165) is 120 Å². The summed E-state index contributed by atoms with van der Waals surface area (Å²) in [5, 5.41) is 8.64. The molecular weight excluding hydrogens is 759 g/mol. The molecule has 3 heterocycles. The van der Waals surface area contributed by atoms with E-state index in [4.69, 9.17) is 4.84 Å². The van der Waals surface area contributed by atoms with Crippen molar-refractivity contribution in [1.82, 2.24) is 9.80 Å². The molecule has 0 bridgehead atoms. The van der Waals surface area contributed by atoms with Crippen molar-refractivity contribution in [3.8, 4) is 0 Å². The van der Waals surface area contributed by atoms with Gasteiger partial charge in [-0.2, -0.15) is 0 Å². The summed E-state index contributed by atoms with van der Waals surface area (Å²) < 4.78 is 0. The Balaban J connectivity index is 0.980. The summed E-state index contributed by atoms with van der Waals surface area (Å²) in [6, 6.07) is 33.5. The first-order valence-electron chi connectivity index (χ1n) is 22.4. The van der Waals surface area contributed by atoms with Crippen LogP contribution in [-0.4, -0.2) is 46.1 Å². The van der Waals surface area contributed by atoms with E-state index in [1.54, 1.807) is 4.90 Å². The molecule has 61 heavy (non-hydrogen) atoms. The molecule has 7 aromatic carbocycles.